The highest BCUT2D eigenvalue weighted by atomic mass is 28.4. The molecule has 42 heavy (non-hydrogen) atoms. The van der Waals surface area contributed by atoms with Crippen molar-refractivity contribution < 1.29 is 31.5 Å². The number of morpholine rings is 1. The highest BCUT2D eigenvalue weighted by Crippen LogP contribution is 2.37. The molecule has 1 saturated heterocycles. The lowest BCUT2D eigenvalue weighted by atomic mass is 9.99. The molecule has 0 spiro atoms. The molecule has 2 N–H and O–H groups in total. The van der Waals surface area contributed by atoms with E-state index in [0.29, 0.717) is 43.3 Å². The van der Waals surface area contributed by atoms with E-state index in [2.05, 4.69) is 53.7 Å². The predicted octanol–water partition coefficient (Wildman–Crippen LogP) is 7.17. The third kappa shape index (κ3) is 5.88. The van der Waals surface area contributed by atoms with Gasteiger partial charge in [-0.05, 0) is 42.4 Å². The molecule has 0 radical (unpaired) electrons. The standard InChI is InChI=1S/C30H34F4N4O3Si/c1-29(2,3)42(4,5)41-17-20-16-40-11-10-38(20)19-13-23(31)26-24(14-19)36-28(37-26)25-12-18(15-35-25)27(39)21-8-6-7-9-22(21)30(32,33)34/h6-9,12-15,20,35H,10-11,16-17H2,1-5H3,(H,36,37)/t20-/m1/s1. The number of benzene rings is 2. The monoisotopic (exact) mass is 602 g/mol. The van der Waals surface area contributed by atoms with E-state index in [9.17, 15) is 18.0 Å². The van der Waals surface area contributed by atoms with E-state index >= 15 is 4.39 Å². The predicted molar refractivity (Wildman–Crippen MR) is 156 cm³/mol. The van der Waals surface area contributed by atoms with Gasteiger partial charge in [-0.3, -0.25) is 4.79 Å². The van der Waals surface area contributed by atoms with Crippen LogP contribution >= 0.6 is 0 Å². The summed E-state index contributed by atoms with van der Waals surface area (Å²) in [6.07, 6.45) is -3.35. The van der Waals surface area contributed by atoms with Gasteiger partial charge in [0.15, 0.2) is 25.7 Å². The van der Waals surface area contributed by atoms with Crippen LogP contribution in [0.5, 0.6) is 0 Å². The third-order valence-electron chi connectivity index (χ3n) is 8.20. The van der Waals surface area contributed by atoms with Crippen LogP contribution in [0.25, 0.3) is 22.6 Å². The van der Waals surface area contributed by atoms with Gasteiger partial charge in [0, 0.05) is 29.6 Å². The van der Waals surface area contributed by atoms with Crippen molar-refractivity contribution in [2.45, 2.75) is 51.1 Å². The van der Waals surface area contributed by atoms with Gasteiger partial charge in [0.05, 0.1) is 42.6 Å². The highest BCUT2D eigenvalue weighted by Gasteiger charge is 2.39. The lowest BCUT2D eigenvalue weighted by molar-refractivity contribution is -0.137. The first-order valence-electron chi connectivity index (χ1n) is 13.7. The molecule has 0 saturated carbocycles. The number of nitrogens with zero attached hydrogens (tertiary/aromatic N) is 2. The van der Waals surface area contributed by atoms with Crippen molar-refractivity contribution in [3.8, 4) is 11.5 Å². The van der Waals surface area contributed by atoms with Gasteiger partial charge >= 0.3 is 6.18 Å². The zero-order valence-corrected chi connectivity index (χ0v) is 25.2. The van der Waals surface area contributed by atoms with Crippen molar-refractivity contribution in [3.05, 3.63) is 71.2 Å². The number of carbonyl (C=O) groups is 1. The maximum absolute atomic E-state index is 15.4. The molecule has 1 aliphatic heterocycles. The van der Waals surface area contributed by atoms with Crippen molar-refractivity contribution in [2.75, 3.05) is 31.3 Å². The second-order valence-corrected chi connectivity index (χ2v) is 16.9. The van der Waals surface area contributed by atoms with Crippen molar-refractivity contribution in [1.82, 2.24) is 15.0 Å². The summed E-state index contributed by atoms with van der Waals surface area (Å²) in [6, 6.07) is 9.20. The molecule has 0 amide bonds. The molecular formula is C30H34F4N4O3Si. The lowest BCUT2D eigenvalue weighted by Crippen LogP contribution is -2.51. The Morgan fingerprint density at radius 1 is 1.17 bits per heavy atom. The SMILES string of the molecule is CC(C)(C)[Si](C)(C)OC[C@H]1COCCN1c1cc(F)c2nc(-c3cc(C(=O)c4ccccc4C(F)(F)F)c[nH]3)[nH]c2c1. The number of nitrogens with one attached hydrogen (secondary N) is 2. The fraction of sp³-hybridized carbons (Fsp3) is 0.400. The van der Waals surface area contributed by atoms with E-state index in [-0.39, 0.29) is 28.0 Å². The van der Waals surface area contributed by atoms with Gasteiger partial charge in [-0.25, -0.2) is 9.37 Å². The van der Waals surface area contributed by atoms with Gasteiger partial charge < -0.3 is 24.0 Å². The molecule has 2 aromatic heterocycles. The number of ether oxygens (including phenoxy) is 1. The molecule has 1 atom stereocenters. The smallest absolute Gasteiger partial charge is 0.415 e. The Balaban J connectivity index is 1.41. The largest absolute Gasteiger partial charge is 0.417 e. The number of aromatic amines is 2. The van der Waals surface area contributed by atoms with Crippen LogP contribution in [0.3, 0.4) is 0 Å². The Morgan fingerprint density at radius 3 is 2.62 bits per heavy atom. The molecule has 0 bridgehead atoms. The van der Waals surface area contributed by atoms with Gasteiger partial charge in [0.25, 0.3) is 0 Å². The molecule has 5 rings (SSSR count). The number of hydrogen-bond donors (Lipinski definition) is 2. The van der Waals surface area contributed by atoms with Gasteiger partial charge in [-0.1, -0.05) is 39.0 Å². The summed E-state index contributed by atoms with van der Waals surface area (Å²) in [4.78, 5) is 25.4. The van der Waals surface area contributed by atoms with E-state index in [1.165, 1.54) is 30.5 Å². The number of rotatable bonds is 7. The normalized spacial score (nSPS) is 16.8. The van der Waals surface area contributed by atoms with E-state index in [1.54, 1.807) is 0 Å². The Hall–Kier alpha value is -3.48. The van der Waals surface area contributed by atoms with E-state index in [4.69, 9.17) is 9.16 Å². The average Bonchev–Trinajstić information content (AvgIpc) is 3.59. The summed E-state index contributed by atoms with van der Waals surface area (Å²) in [7, 11) is -2.00. The maximum Gasteiger partial charge on any atom is 0.417 e. The number of fused-ring (bicyclic) bond motifs is 1. The second kappa shape index (κ2) is 11.0. The van der Waals surface area contributed by atoms with Gasteiger partial charge in [0.1, 0.15) is 5.52 Å². The van der Waals surface area contributed by atoms with Crippen molar-refractivity contribution in [1.29, 1.82) is 0 Å². The molecule has 3 heterocycles. The summed E-state index contributed by atoms with van der Waals surface area (Å²) in [5.41, 5.74) is 0.128. The summed E-state index contributed by atoms with van der Waals surface area (Å²) >= 11 is 0. The number of H-pyrrole nitrogens is 2. The van der Waals surface area contributed by atoms with Crippen molar-refractivity contribution >= 4 is 30.8 Å². The minimum atomic E-state index is -4.67. The fourth-order valence-electron chi connectivity index (χ4n) is 4.75. The van der Waals surface area contributed by atoms with Crippen LogP contribution in [-0.4, -0.2) is 61.5 Å². The van der Waals surface area contributed by atoms with Crippen molar-refractivity contribution in [2.24, 2.45) is 0 Å². The third-order valence-corrected chi connectivity index (χ3v) is 12.7. The first-order chi connectivity index (χ1) is 19.7. The Labute approximate surface area is 242 Å². The topological polar surface area (TPSA) is 83.2 Å². The van der Waals surface area contributed by atoms with Crippen LogP contribution < -0.4 is 4.90 Å². The minimum absolute atomic E-state index is 0.0289. The van der Waals surface area contributed by atoms with Gasteiger partial charge in [0.2, 0.25) is 0 Å². The van der Waals surface area contributed by atoms with Crippen LogP contribution in [0.15, 0.2) is 48.7 Å². The molecule has 0 aliphatic carbocycles. The number of aromatic nitrogens is 3. The van der Waals surface area contributed by atoms with Crippen LogP contribution in [0, 0.1) is 5.82 Å². The molecule has 1 fully saturated rings. The maximum atomic E-state index is 15.4. The van der Waals surface area contributed by atoms with Crippen molar-refractivity contribution in [3.63, 3.8) is 0 Å². The summed E-state index contributed by atoms with van der Waals surface area (Å²) in [5, 5.41) is 0.0503. The quantitative estimate of drug-likeness (QED) is 0.133. The minimum Gasteiger partial charge on any atom is -0.415 e. The van der Waals surface area contributed by atoms with E-state index in [0.717, 1.165) is 12.1 Å². The highest BCUT2D eigenvalue weighted by molar-refractivity contribution is 6.74. The van der Waals surface area contributed by atoms with Crippen LogP contribution in [-0.2, 0) is 15.3 Å². The molecule has 0 unspecified atom stereocenters. The lowest BCUT2D eigenvalue weighted by Gasteiger charge is -2.41. The Morgan fingerprint density at radius 2 is 1.90 bits per heavy atom. The van der Waals surface area contributed by atoms with E-state index in [1.807, 2.05) is 6.07 Å². The number of anilines is 1. The Kier molecular flexibility index (Phi) is 7.84. The molecule has 224 valence electrons. The number of carbonyl (C=O) groups excluding carboxylic acids is 1. The first-order valence-corrected chi connectivity index (χ1v) is 16.6. The fourth-order valence-corrected chi connectivity index (χ4v) is 5.80. The van der Waals surface area contributed by atoms with Crippen LogP contribution in [0.1, 0.15) is 42.3 Å². The average molecular weight is 603 g/mol. The number of hydrogen-bond acceptors (Lipinski definition) is 5. The molecule has 1 aliphatic rings. The molecule has 2 aromatic carbocycles. The summed E-state index contributed by atoms with van der Waals surface area (Å²) in [6.45, 7) is 12.9. The van der Waals surface area contributed by atoms with Gasteiger partial charge in [-0.2, -0.15) is 13.2 Å². The summed E-state index contributed by atoms with van der Waals surface area (Å²) < 4.78 is 67.9. The van der Waals surface area contributed by atoms with E-state index < -0.39 is 37.2 Å². The van der Waals surface area contributed by atoms with Crippen LogP contribution in [0.4, 0.5) is 23.2 Å². The zero-order chi connectivity index (χ0) is 30.4. The Bertz CT molecular complexity index is 1610. The number of imidazole rings is 1. The number of ketones is 1. The molecule has 7 nitrogen and oxygen atoms in total. The molecular weight excluding hydrogens is 568 g/mol. The zero-order valence-electron chi connectivity index (χ0n) is 24.2. The molecule has 4 aromatic rings. The first kappa shape index (κ1) is 30.0. The summed E-state index contributed by atoms with van der Waals surface area (Å²) in [5.74, 6) is -1.06. The number of halogens is 4. The number of alkyl halides is 3. The van der Waals surface area contributed by atoms with Gasteiger partial charge in [-0.15, -0.1) is 0 Å². The molecule has 12 heteroatoms. The second-order valence-electron chi connectivity index (χ2n) is 12.1. The van der Waals surface area contributed by atoms with Crippen LogP contribution in [0.2, 0.25) is 18.1 Å².